The van der Waals surface area contributed by atoms with E-state index in [1.165, 1.54) is 6.07 Å². The molecule has 23 heavy (non-hydrogen) atoms. The number of nitrogens with zero attached hydrogens (tertiary/aromatic N) is 2. The zero-order valence-electron chi connectivity index (χ0n) is 12.3. The number of hydrogen-bond acceptors (Lipinski definition) is 6. The molecule has 128 valence electrons. The van der Waals surface area contributed by atoms with Crippen molar-refractivity contribution in [1.82, 2.24) is 9.55 Å². The van der Waals surface area contributed by atoms with Gasteiger partial charge < -0.3 is 20.3 Å². The number of alkyl halides is 2. The first-order chi connectivity index (χ1) is 10.8. The van der Waals surface area contributed by atoms with Crippen molar-refractivity contribution < 1.29 is 28.5 Å². The van der Waals surface area contributed by atoms with Crippen molar-refractivity contribution in [2.45, 2.75) is 44.1 Å². The maximum atomic E-state index is 14.0. The lowest BCUT2D eigenvalue weighted by molar-refractivity contribution is -0.141. The average molecular weight is 333 g/mol. The molecule has 1 saturated heterocycles. The molecule has 3 atom stereocenters. The van der Waals surface area contributed by atoms with Crippen LogP contribution in [0.15, 0.2) is 17.1 Å². The summed E-state index contributed by atoms with van der Waals surface area (Å²) < 4.78 is 33.3. The predicted octanol–water partition coefficient (Wildman–Crippen LogP) is -0.132. The first-order valence-corrected chi connectivity index (χ1v) is 7.02. The van der Waals surface area contributed by atoms with E-state index in [9.17, 15) is 23.5 Å². The third-order valence-electron chi connectivity index (χ3n) is 3.39. The summed E-state index contributed by atoms with van der Waals surface area (Å²) in [5.74, 6) is -4.19. The number of ether oxygens (including phenoxy) is 1. The van der Waals surface area contributed by atoms with Crippen LogP contribution in [-0.4, -0.2) is 50.4 Å². The van der Waals surface area contributed by atoms with Gasteiger partial charge in [-0.25, -0.2) is 4.79 Å². The number of rotatable bonds is 5. The molecule has 1 amide bonds. The van der Waals surface area contributed by atoms with Crippen LogP contribution in [0.25, 0.3) is 0 Å². The number of amides is 1. The number of halogens is 2. The number of aliphatic hydroxyl groups excluding tert-OH is 2. The number of hydrogen-bond donors (Lipinski definition) is 3. The molecular formula is C13H17F2N3O5. The number of carbonyl (C=O) groups is 1. The molecule has 0 aliphatic carbocycles. The first-order valence-electron chi connectivity index (χ1n) is 7.02. The Morgan fingerprint density at radius 3 is 2.78 bits per heavy atom. The number of aliphatic hydroxyl groups is 2. The van der Waals surface area contributed by atoms with Crippen LogP contribution in [0.5, 0.6) is 0 Å². The Balaban J connectivity index is 2.24. The molecule has 2 rings (SSSR count). The molecule has 1 aromatic heterocycles. The molecule has 0 aromatic carbocycles. The highest BCUT2D eigenvalue weighted by Crippen LogP contribution is 2.41. The van der Waals surface area contributed by atoms with Crippen molar-refractivity contribution in [3.63, 3.8) is 0 Å². The predicted molar refractivity (Wildman–Crippen MR) is 74.0 cm³/mol. The molecule has 0 spiro atoms. The Hall–Kier alpha value is -1.91. The first kappa shape index (κ1) is 17.4. The SMILES string of the molecule is CCCC(=O)Nc1ccn([C@@H]2O[C@H](CO)C(O)C2(F)F)c(=O)n1. The van der Waals surface area contributed by atoms with Crippen molar-refractivity contribution in [1.29, 1.82) is 0 Å². The van der Waals surface area contributed by atoms with Gasteiger partial charge in [-0.05, 0) is 12.5 Å². The molecule has 0 bridgehead atoms. The van der Waals surface area contributed by atoms with Gasteiger partial charge in [-0.15, -0.1) is 0 Å². The summed E-state index contributed by atoms with van der Waals surface area (Å²) in [4.78, 5) is 26.8. The standard InChI is InChI=1S/C13H17F2N3O5/c1-2-3-9(20)16-8-4-5-18(12(22)17-8)11-13(14,15)10(21)7(6-19)23-11/h4-5,7,10-11,19,21H,2-3,6H2,1H3,(H,16,17,20,22)/t7-,10?,11-/m1/s1. The van der Waals surface area contributed by atoms with E-state index >= 15 is 0 Å². The minimum absolute atomic E-state index is 0.0646. The van der Waals surface area contributed by atoms with Crippen LogP contribution in [-0.2, 0) is 9.53 Å². The minimum Gasteiger partial charge on any atom is -0.394 e. The van der Waals surface area contributed by atoms with Crippen LogP contribution in [0, 0.1) is 0 Å². The van der Waals surface area contributed by atoms with Gasteiger partial charge in [-0.3, -0.25) is 9.36 Å². The molecule has 8 nitrogen and oxygen atoms in total. The fraction of sp³-hybridized carbons (Fsp3) is 0.615. The number of aromatic nitrogens is 2. The van der Waals surface area contributed by atoms with Gasteiger partial charge in [0.1, 0.15) is 11.9 Å². The van der Waals surface area contributed by atoms with Crippen molar-refractivity contribution in [3.05, 3.63) is 22.7 Å². The summed E-state index contributed by atoms with van der Waals surface area (Å²) in [6, 6.07) is 1.17. The Morgan fingerprint density at radius 1 is 1.57 bits per heavy atom. The van der Waals surface area contributed by atoms with E-state index in [2.05, 4.69) is 10.3 Å². The zero-order valence-corrected chi connectivity index (χ0v) is 12.3. The van der Waals surface area contributed by atoms with Crippen molar-refractivity contribution in [2.24, 2.45) is 0 Å². The van der Waals surface area contributed by atoms with Crippen LogP contribution >= 0.6 is 0 Å². The second-order valence-electron chi connectivity index (χ2n) is 5.13. The monoisotopic (exact) mass is 333 g/mol. The van der Waals surface area contributed by atoms with Gasteiger partial charge in [0, 0.05) is 12.6 Å². The van der Waals surface area contributed by atoms with E-state index in [0.29, 0.717) is 11.0 Å². The molecule has 1 fully saturated rings. The zero-order chi connectivity index (χ0) is 17.2. The lowest BCUT2D eigenvalue weighted by Crippen LogP contribution is -2.41. The number of carbonyl (C=O) groups excluding carboxylic acids is 1. The summed E-state index contributed by atoms with van der Waals surface area (Å²) in [5, 5.41) is 20.7. The summed E-state index contributed by atoms with van der Waals surface area (Å²) in [7, 11) is 0. The Kier molecular flexibility index (Phi) is 5.07. The molecule has 0 radical (unpaired) electrons. The quantitative estimate of drug-likeness (QED) is 0.692. The van der Waals surface area contributed by atoms with Gasteiger partial charge in [0.25, 0.3) is 0 Å². The van der Waals surface area contributed by atoms with Gasteiger partial charge in [0.15, 0.2) is 6.10 Å². The van der Waals surface area contributed by atoms with E-state index in [1.807, 2.05) is 0 Å². The molecule has 3 N–H and O–H groups in total. The lowest BCUT2D eigenvalue weighted by Gasteiger charge is -2.21. The van der Waals surface area contributed by atoms with Gasteiger partial charge >= 0.3 is 11.6 Å². The molecule has 1 aliphatic rings. The van der Waals surface area contributed by atoms with Gasteiger partial charge in [-0.2, -0.15) is 13.8 Å². The Bertz CT molecular complexity index is 636. The second kappa shape index (κ2) is 6.69. The number of nitrogens with one attached hydrogen (secondary N) is 1. The largest absolute Gasteiger partial charge is 0.394 e. The highest BCUT2D eigenvalue weighted by molar-refractivity contribution is 5.89. The van der Waals surface area contributed by atoms with E-state index in [4.69, 9.17) is 9.84 Å². The summed E-state index contributed by atoms with van der Waals surface area (Å²) >= 11 is 0. The highest BCUT2D eigenvalue weighted by Gasteiger charge is 2.59. The van der Waals surface area contributed by atoms with Gasteiger partial charge in [-0.1, -0.05) is 6.92 Å². The van der Waals surface area contributed by atoms with Gasteiger partial charge in [0.05, 0.1) is 6.61 Å². The molecule has 1 aliphatic heterocycles. The topological polar surface area (TPSA) is 114 Å². The molecular weight excluding hydrogens is 316 g/mol. The van der Waals surface area contributed by atoms with E-state index in [-0.39, 0.29) is 18.1 Å². The normalized spacial score (nSPS) is 26.2. The third-order valence-corrected chi connectivity index (χ3v) is 3.39. The van der Waals surface area contributed by atoms with E-state index in [0.717, 1.165) is 6.20 Å². The van der Waals surface area contributed by atoms with E-state index in [1.54, 1.807) is 6.92 Å². The minimum atomic E-state index is -3.77. The highest BCUT2D eigenvalue weighted by atomic mass is 19.3. The van der Waals surface area contributed by atoms with Crippen LogP contribution in [0.4, 0.5) is 14.6 Å². The summed E-state index contributed by atoms with van der Waals surface area (Å²) in [6.07, 6.45) is -4.01. The van der Waals surface area contributed by atoms with Crippen LogP contribution in [0.2, 0.25) is 0 Å². The Labute approximate surface area is 129 Å². The molecule has 10 heteroatoms. The summed E-state index contributed by atoms with van der Waals surface area (Å²) in [5.41, 5.74) is -1.07. The Morgan fingerprint density at radius 2 is 2.26 bits per heavy atom. The smallest absolute Gasteiger partial charge is 0.351 e. The van der Waals surface area contributed by atoms with Crippen LogP contribution in [0.1, 0.15) is 26.0 Å². The van der Waals surface area contributed by atoms with Crippen LogP contribution < -0.4 is 11.0 Å². The van der Waals surface area contributed by atoms with Crippen molar-refractivity contribution in [2.75, 3.05) is 11.9 Å². The molecule has 2 heterocycles. The van der Waals surface area contributed by atoms with E-state index < -0.39 is 36.7 Å². The molecule has 0 saturated carbocycles. The van der Waals surface area contributed by atoms with Crippen molar-refractivity contribution in [3.8, 4) is 0 Å². The fourth-order valence-electron chi connectivity index (χ4n) is 2.21. The van der Waals surface area contributed by atoms with Crippen molar-refractivity contribution >= 4 is 11.7 Å². The maximum absolute atomic E-state index is 14.0. The second-order valence-corrected chi connectivity index (χ2v) is 5.13. The molecule has 1 aromatic rings. The summed E-state index contributed by atoms with van der Waals surface area (Å²) in [6.45, 7) is 0.980. The lowest BCUT2D eigenvalue weighted by atomic mass is 10.1. The van der Waals surface area contributed by atoms with Gasteiger partial charge in [0.2, 0.25) is 12.1 Å². The number of anilines is 1. The third kappa shape index (κ3) is 3.38. The molecule has 1 unspecified atom stereocenters. The maximum Gasteiger partial charge on any atom is 0.351 e. The fourth-order valence-corrected chi connectivity index (χ4v) is 2.21. The average Bonchev–Trinajstić information content (AvgIpc) is 2.70. The van der Waals surface area contributed by atoms with Crippen LogP contribution in [0.3, 0.4) is 0 Å².